The fourth-order valence-electron chi connectivity index (χ4n) is 3.27. The second-order valence-electron chi connectivity index (χ2n) is 7.72. The maximum Gasteiger partial charge on any atom is 0.261 e. The lowest BCUT2D eigenvalue weighted by molar-refractivity contribution is -0.137. The molecular weight excluding hydrogens is 360 g/mol. The van der Waals surface area contributed by atoms with Crippen LogP contribution >= 0.6 is 0 Å². The fourth-order valence-corrected chi connectivity index (χ4v) is 3.27. The molecule has 1 unspecified atom stereocenters. The lowest BCUT2D eigenvalue weighted by Gasteiger charge is -2.32. The number of carbonyl (C=O) groups is 1. The maximum atomic E-state index is 13.0. The molecule has 152 valence electrons. The summed E-state index contributed by atoms with van der Waals surface area (Å²) in [5.41, 5.74) is 2.36. The van der Waals surface area contributed by atoms with Crippen LogP contribution in [-0.2, 0) is 17.9 Å². The average Bonchev–Trinajstić information content (AvgIpc) is 3.17. The molecular formula is C25H30N2O2. The molecule has 0 N–H and O–H groups in total. The number of carbonyl (C=O) groups excluding carboxylic acids is 1. The molecule has 4 heteroatoms. The van der Waals surface area contributed by atoms with Crippen molar-refractivity contribution in [1.29, 1.82) is 0 Å². The third-order valence-corrected chi connectivity index (χ3v) is 5.33. The summed E-state index contributed by atoms with van der Waals surface area (Å²) in [6, 6.07) is 24.1. The minimum Gasteiger partial charge on any atom is -0.484 e. The van der Waals surface area contributed by atoms with E-state index in [1.807, 2.05) is 47.4 Å². The van der Waals surface area contributed by atoms with Gasteiger partial charge in [-0.25, -0.2) is 0 Å². The molecule has 3 aromatic rings. The Balaban J connectivity index is 1.72. The van der Waals surface area contributed by atoms with Gasteiger partial charge in [0.05, 0.1) is 6.54 Å². The van der Waals surface area contributed by atoms with Crippen LogP contribution in [0.5, 0.6) is 5.75 Å². The summed E-state index contributed by atoms with van der Waals surface area (Å²) >= 11 is 0. The standard InChI is InChI=1S/C25H30N2O2/c1-20(2)21(3)27(25(28)19-29-24-14-8-5-9-15-24)18-23-13-10-16-26(23)17-22-11-6-4-7-12-22/h4-16,20-21H,17-19H2,1-3H3. The molecule has 0 radical (unpaired) electrons. The molecule has 1 heterocycles. The normalized spacial score (nSPS) is 12.0. The monoisotopic (exact) mass is 390 g/mol. The number of nitrogens with zero attached hydrogens (tertiary/aromatic N) is 2. The molecule has 0 bridgehead atoms. The van der Waals surface area contributed by atoms with Crippen LogP contribution in [0.4, 0.5) is 0 Å². The number of hydrogen-bond donors (Lipinski definition) is 0. The molecule has 29 heavy (non-hydrogen) atoms. The third-order valence-electron chi connectivity index (χ3n) is 5.33. The van der Waals surface area contributed by atoms with E-state index in [-0.39, 0.29) is 18.6 Å². The van der Waals surface area contributed by atoms with Gasteiger partial charge in [0.2, 0.25) is 0 Å². The van der Waals surface area contributed by atoms with Gasteiger partial charge in [0.15, 0.2) is 6.61 Å². The van der Waals surface area contributed by atoms with Crippen molar-refractivity contribution >= 4 is 5.91 Å². The smallest absolute Gasteiger partial charge is 0.261 e. The molecule has 0 aliphatic heterocycles. The second-order valence-corrected chi connectivity index (χ2v) is 7.72. The van der Waals surface area contributed by atoms with Crippen LogP contribution in [0.25, 0.3) is 0 Å². The Morgan fingerprint density at radius 3 is 2.24 bits per heavy atom. The number of rotatable bonds is 9. The van der Waals surface area contributed by atoms with Gasteiger partial charge < -0.3 is 14.2 Å². The molecule has 1 atom stereocenters. The zero-order valence-electron chi connectivity index (χ0n) is 17.5. The summed E-state index contributed by atoms with van der Waals surface area (Å²) in [5, 5.41) is 0. The van der Waals surface area contributed by atoms with Crippen molar-refractivity contribution in [3.8, 4) is 5.75 Å². The zero-order valence-corrected chi connectivity index (χ0v) is 17.5. The van der Waals surface area contributed by atoms with Crippen LogP contribution in [0.3, 0.4) is 0 Å². The van der Waals surface area contributed by atoms with Gasteiger partial charge in [0.1, 0.15) is 5.75 Å². The van der Waals surface area contributed by atoms with Gasteiger partial charge in [0, 0.05) is 24.5 Å². The van der Waals surface area contributed by atoms with Crippen LogP contribution in [0.15, 0.2) is 79.0 Å². The van der Waals surface area contributed by atoms with Crippen LogP contribution < -0.4 is 4.74 Å². The molecule has 1 aromatic heterocycles. The van der Waals surface area contributed by atoms with E-state index >= 15 is 0 Å². The minimum absolute atomic E-state index is 0.00233. The van der Waals surface area contributed by atoms with Crippen LogP contribution in [0, 0.1) is 5.92 Å². The molecule has 2 aromatic carbocycles. The molecule has 0 aliphatic rings. The summed E-state index contributed by atoms with van der Waals surface area (Å²) < 4.78 is 7.93. The van der Waals surface area contributed by atoms with Gasteiger partial charge in [-0.1, -0.05) is 62.4 Å². The first-order valence-corrected chi connectivity index (χ1v) is 10.2. The molecule has 0 fully saturated rings. The Hall–Kier alpha value is -3.01. The van der Waals surface area contributed by atoms with Gasteiger partial charge in [-0.15, -0.1) is 0 Å². The van der Waals surface area contributed by atoms with E-state index in [9.17, 15) is 4.79 Å². The van der Waals surface area contributed by atoms with Crippen LogP contribution in [-0.4, -0.2) is 28.0 Å². The van der Waals surface area contributed by atoms with Crippen LogP contribution in [0.1, 0.15) is 32.0 Å². The first-order valence-electron chi connectivity index (χ1n) is 10.2. The van der Waals surface area contributed by atoms with E-state index in [1.165, 1.54) is 5.56 Å². The first-order chi connectivity index (χ1) is 14.0. The summed E-state index contributed by atoms with van der Waals surface area (Å²) in [6.07, 6.45) is 2.07. The van der Waals surface area contributed by atoms with Crippen molar-refractivity contribution in [3.63, 3.8) is 0 Å². The van der Waals surface area contributed by atoms with E-state index in [2.05, 4.69) is 61.9 Å². The fraction of sp³-hybridized carbons (Fsp3) is 0.320. The summed E-state index contributed by atoms with van der Waals surface area (Å²) in [5.74, 6) is 1.07. The molecule has 0 aliphatic carbocycles. The van der Waals surface area contributed by atoms with Crippen molar-refractivity contribution in [2.75, 3.05) is 6.61 Å². The highest BCUT2D eigenvalue weighted by Crippen LogP contribution is 2.17. The van der Waals surface area contributed by atoms with Crippen molar-refractivity contribution in [2.24, 2.45) is 5.92 Å². The largest absolute Gasteiger partial charge is 0.484 e. The Morgan fingerprint density at radius 1 is 0.931 bits per heavy atom. The van der Waals surface area contributed by atoms with E-state index in [1.54, 1.807) is 0 Å². The highest BCUT2D eigenvalue weighted by Gasteiger charge is 2.24. The van der Waals surface area contributed by atoms with Crippen molar-refractivity contribution in [3.05, 3.63) is 90.3 Å². The van der Waals surface area contributed by atoms with Crippen molar-refractivity contribution < 1.29 is 9.53 Å². The van der Waals surface area contributed by atoms with Gasteiger partial charge in [-0.3, -0.25) is 4.79 Å². The average molecular weight is 391 g/mol. The van der Waals surface area contributed by atoms with Crippen LogP contribution in [0.2, 0.25) is 0 Å². The Kier molecular flexibility index (Phi) is 7.12. The SMILES string of the molecule is CC(C)C(C)N(Cc1cccn1Cc1ccccc1)C(=O)COc1ccccc1. The lowest BCUT2D eigenvalue weighted by Crippen LogP contribution is -2.43. The summed E-state index contributed by atoms with van der Waals surface area (Å²) in [6.45, 7) is 7.80. The molecule has 1 amide bonds. The zero-order chi connectivity index (χ0) is 20.6. The lowest BCUT2D eigenvalue weighted by atomic mass is 10.0. The summed E-state index contributed by atoms with van der Waals surface area (Å²) in [7, 11) is 0. The molecule has 3 rings (SSSR count). The number of benzene rings is 2. The molecule has 0 saturated heterocycles. The van der Waals surface area contributed by atoms with Gasteiger partial charge in [-0.2, -0.15) is 0 Å². The van der Waals surface area contributed by atoms with Crippen molar-refractivity contribution in [1.82, 2.24) is 9.47 Å². The number of aromatic nitrogens is 1. The highest BCUT2D eigenvalue weighted by atomic mass is 16.5. The van der Waals surface area contributed by atoms with Crippen molar-refractivity contribution in [2.45, 2.75) is 39.9 Å². The van der Waals surface area contributed by atoms with E-state index in [4.69, 9.17) is 4.74 Å². The predicted molar refractivity (Wildman–Crippen MR) is 117 cm³/mol. The van der Waals surface area contributed by atoms with Gasteiger partial charge in [0.25, 0.3) is 5.91 Å². The van der Waals surface area contributed by atoms with Gasteiger partial charge in [-0.05, 0) is 42.7 Å². The third kappa shape index (κ3) is 5.74. The molecule has 4 nitrogen and oxygen atoms in total. The van der Waals surface area contributed by atoms with E-state index in [0.29, 0.717) is 18.2 Å². The highest BCUT2D eigenvalue weighted by molar-refractivity contribution is 5.78. The predicted octanol–water partition coefficient (Wildman–Crippen LogP) is 4.99. The number of hydrogen-bond acceptors (Lipinski definition) is 2. The Bertz CT molecular complexity index is 887. The summed E-state index contributed by atoms with van der Waals surface area (Å²) in [4.78, 5) is 15.0. The molecule has 0 saturated carbocycles. The quantitative estimate of drug-likeness (QED) is 0.516. The Labute approximate surface area is 173 Å². The van der Waals surface area contributed by atoms with E-state index < -0.39 is 0 Å². The maximum absolute atomic E-state index is 13.0. The molecule has 0 spiro atoms. The number of amides is 1. The second kappa shape index (κ2) is 9.97. The van der Waals surface area contributed by atoms with E-state index in [0.717, 1.165) is 12.2 Å². The first kappa shape index (κ1) is 20.7. The van der Waals surface area contributed by atoms with Gasteiger partial charge >= 0.3 is 0 Å². The number of para-hydroxylation sites is 1. The Morgan fingerprint density at radius 2 is 1.59 bits per heavy atom. The minimum atomic E-state index is 0.00233. The topological polar surface area (TPSA) is 34.5 Å². The number of ether oxygens (including phenoxy) is 1.